The zero-order chi connectivity index (χ0) is 24.2. The van der Waals surface area contributed by atoms with E-state index < -0.39 is 36.4 Å². The molecule has 0 radical (unpaired) electrons. The molecule has 1 aliphatic heterocycles. The first-order chi connectivity index (χ1) is 15.5. The van der Waals surface area contributed by atoms with Gasteiger partial charge in [-0.1, -0.05) is 24.0 Å². The van der Waals surface area contributed by atoms with Crippen LogP contribution in [0.25, 0.3) is 0 Å². The first-order valence-corrected chi connectivity index (χ1v) is 11.0. The van der Waals surface area contributed by atoms with E-state index in [1.807, 2.05) is 4.90 Å². The van der Waals surface area contributed by atoms with Gasteiger partial charge in [-0.15, -0.1) is 0 Å². The number of hydrogen-bond acceptors (Lipinski definition) is 3. The fourth-order valence-corrected chi connectivity index (χ4v) is 4.22. The van der Waals surface area contributed by atoms with Gasteiger partial charge < -0.3 is 4.74 Å². The van der Waals surface area contributed by atoms with E-state index in [0.717, 1.165) is 25.0 Å². The molecule has 1 heterocycles. The van der Waals surface area contributed by atoms with Gasteiger partial charge >= 0.3 is 18.3 Å². The van der Waals surface area contributed by atoms with E-state index in [1.54, 1.807) is 0 Å². The molecule has 0 amide bonds. The molecule has 3 rings (SSSR count). The number of nitrogens with zero attached hydrogens (tertiary/aromatic N) is 1. The van der Waals surface area contributed by atoms with Gasteiger partial charge in [0.25, 0.3) is 0 Å². The Bertz CT molecular complexity index is 864. The largest absolute Gasteiger partial charge is 0.469 e. The first kappa shape index (κ1) is 25.4. The number of esters is 1. The average Bonchev–Trinajstić information content (AvgIpc) is 3.57. The standard InChI is InChI=1S/C24H27F6NO2/c1-33-22(32)15-17-11-13-31(20(9-4-16-2-3-16)10-12-23(25,26)27)21(14-17)18-5-7-19(8-6-18)24(28,29)30/h5-8,16-17,20-21H,2-3,10-15H2,1H3. The van der Waals surface area contributed by atoms with Crippen molar-refractivity contribution in [2.45, 2.75) is 69.4 Å². The summed E-state index contributed by atoms with van der Waals surface area (Å²) in [5, 5.41) is 0. The van der Waals surface area contributed by atoms with Crippen LogP contribution in [0.1, 0.15) is 62.1 Å². The Morgan fingerprint density at radius 3 is 2.33 bits per heavy atom. The molecule has 0 bridgehead atoms. The van der Waals surface area contributed by atoms with E-state index in [9.17, 15) is 31.1 Å². The SMILES string of the molecule is COC(=O)CC1CCN(C(C#CC2CC2)CCC(F)(F)F)C(c2ccc(C(F)(F)F)cc2)C1. The van der Waals surface area contributed by atoms with Crippen LogP contribution in [-0.4, -0.2) is 36.7 Å². The van der Waals surface area contributed by atoms with Crippen LogP contribution in [0.3, 0.4) is 0 Å². The smallest absolute Gasteiger partial charge is 0.416 e. The topological polar surface area (TPSA) is 29.5 Å². The maximum atomic E-state index is 13.0. The van der Waals surface area contributed by atoms with Crippen LogP contribution < -0.4 is 0 Å². The lowest BCUT2D eigenvalue weighted by Gasteiger charge is -2.42. The molecule has 3 unspecified atom stereocenters. The summed E-state index contributed by atoms with van der Waals surface area (Å²) in [7, 11) is 1.28. The highest BCUT2D eigenvalue weighted by Crippen LogP contribution is 2.40. The summed E-state index contributed by atoms with van der Waals surface area (Å²) in [6.45, 7) is 0.398. The number of carbonyl (C=O) groups is 1. The lowest BCUT2D eigenvalue weighted by molar-refractivity contribution is -0.143. The predicted octanol–water partition coefficient (Wildman–Crippen LogP) is 6.15. The second-order valence-electron chi connectivity index (χ2n) is 8.78. The minimum absolute atomic E-state index is 0.0827. The average molecular weight is 475 g/mol. The Morgan fingerprint density at radius 1 is 1.12 bits per heavy atom. The molecule has 0 aromatic heterocycles. The monoisotopic (exact) mass is 475 g/mol. The number of ether oxygens (including phenoxy) is 1. The van der Waals surface area contributed by atoms with E-state index in [0.29, 0.717) is 24.9 Å². The lowest BCUT2D eigenvalue weighted by Crippen LogP contribution is -2.44. The number of methoxy groups -OCH3 is 1. The summed E-state index contributed by atoms with van der Waals surface area (Å²) >= 11 is 0. The van der Waals surface area contributed by atoms with Crippen LogP contribution in [0.5, 0.6) is 0 Å². The van der Waals surface area contributed by atoms with Crippen molar-refractivity contribution in [3.63, 3.8) is 0 Å². The minimum atomic E-state index is -4.48. The summed E-state index contributed by atoms with van der Waals surface area (Å²) in [5.74, 6) is 5.83. The number of piperidine rings is 1. The third kappa shape index (κ3) is 7.66. The van der Waals surface area contributed by atoms with E-state index in [-0.39, 0.29) is 30.6 Å². The van der Waals surface area contributed by atoms with Gasteiger partial charge in [-0.05, 0) is 55.7 Å². The Kier molecular flexibility index (Phi) is 7.99. The summed E-state index contributed by atoms with van der Waals surface area (Å²) < 4.78 is 82.8. The molecule has 1 saturated carbocycles. The number of rotatable bonds is 6. The quantitative estimate of drug-likeness (QED) is 0.281. The van der Waals surface area contributed by atoms with Crippen LogP contribution in [-0.2, 0) is 15.7 Å². The van der Waals surface area contributed by atoms with Crippen molar-refractivity contribution in [2.24, 2.45) is 11.8 Å². The van der Waals surface area contributed by atoms with Crippen molar-refractivity contribution in [3.05, 3.63) is 35.4 Å². The molecular weight excluding hydrogens is 448 g/mol. The van der Waals surface area contributed by atoms with Gasteiger partial charge in [-0.2, -0.15) is 26.3 Å². The molecule has 33 heavy (non-hydrogen) atoms. The van der Waals surface area contributed by atoms with Gasteiger partial charge in [0.2, 0.25) is 0 Å². The zero-order valence-corrected chi connectivity index (χ0v) is 18.3. The fraction of sp³-hybridized carbons (Fsp3) is 0.625. The van der Waals surface area contributed by atoms with E-state index in [2.05, 4.69) is 11.8 Å². The second-order valence-corrected chi connectivity index (χ2v) is 8.78. The highest BCUT2D eigenvalue weighted by Gasteiger charge is 2.37. The number of halogens is 6. The summed E-state index contributed by atoms with van der Waals surface area (Å²) in [6, 6.07) is 3.60. The highest BCUT2D eigenvalue weighted by molar-refractivity contribution is 5.69. The highest BCUT2D eigenvalue weighted by atomic mass is 19.4. The third-order valence-electron chi connectivity index (χ3n) is 6.19. The molecule has 2 fully saturated rings. The van der Waals surface area contributed by atoms with E-state index >= 15 is 0 Å². The number of benzene rings is 1. The van der Waals surface area contributed by atoms with Gasteiger partial charge in [-0.25, -0.2) is 0 Å². The molecule has 2 aliphatic rings. The van der Waals surface area contributed by atoms with E-state index in [4.69, 9.17) is 4.74 Å². The second kappa shape index (κ2) is 10.4. The molecule has 9 heteroatoms. The Labute approximate surface area is 189 Å². The Morgan fingerprint density at radius 2 is 1.79 bits per heavy atom. The van der Waals surface area contributed by atoms with Crippen molar-refractivity contribution >= 4 is 5.97 Å². The molecule has 0 N–H and O–H groups in total. The van der Waals surface area contributed by atoms with Crippen LogP contribution in [0.15, 0.2) is 24.3 Å². The van der Waals surface area contributed by atoms with Gasteiger partial charge in [0.1, 0.15) is 0 Å². The fourth-order valence-electron chi connectivity index (χ4n) is 4.22. The normalized spacial score (nSPS) is 22.9. The lowest BCUT2D eigenvalue weighted by atomic mass is 9.83. The minimum Gasteiger partial charge on any atom is -0.469 e. The van der Waals surface area contributed by atoms with Crippen LogP contribution in [0, 0.1) is 23.7 Å². The molecule has 1 aromatic rings. The zero-order valence-electron chi connectivity index (χ0n) is 18.3. The molecule has 0 spiro atoms. The molecular formula is C24H27F6NO2. The van der Waals surface area contributed by atoms with Gasteiger partial charge in [0.15, 0.2) is 0 Å². The van der Waals surface area contributed by atoms with Crippen molar-refractivity contribution in [1.82, 2.24) is 4.90 Å². The summed E-state index contributed by atoms with van der Waals surface area (Å²) in [4.78, 5) is 13.7. The van der Waals surface area contributed by atoms with Crippen molar-refractivity contribution in [2.75, 3.05) is 13.7 Å². The van der Waals surface area contributed by atoms with Crippen molar-refractivity contribution in [1.29, 1.82) is 0 Å². The third-order valence-corrected chi connectivity index (χ3v) is 6.19. The van der Waals surface area contributed by atoms with Crippen LogP contribution in [0.2, 0.25) is 0 Å². The Hall–Kier alpha value is -2.21. The van der Waals surface area contributed by atoms with Gasteiger partial charge in [-0.3, -0.25) is 9.69 Å². The van der Waals surface area contributed by atoms with E-state index in [1.165, 1.54) is 19.2 Å². The molecule has 182 valence electrons. The predicted molar refractivity (Wildman–Crippen MR) is 110 cm³/mol. The van der Waals surface area contributed by atoms with Crippen molar-refractivity contribution in [3.8, 4) is 11.8 Å². The number of likely N-dealkylation sites (tertiary alicyclic amines) is 1. The number of carbonyl (C=O) groups excluding carboxylic acids is 1. The maximum Gasteiger partial charge on any atom is 0.416 e. The first-order valence-electron chi connectivity index (χ1n) is 11.0. The number of hydrogen-bond donors (Lipinski definition) is 0. The summed E-state index contributed by atoms with van der Waals surface area (Å²) in [5.41, 5.74) is -0.218. The Balaban J connectivity index is 1.88. The number of alkyl halides is 6. The van der Waals surface area contributed by atoms with Gasteiger partial charge in [0.05, 0.1) is 18.7 Å². The van der Waals surface area contributed by atoms with Crippen LogP contribution >= 0.6 is 0 Å². The molecule has 1 aliphatic carbocycles. The molecule has 1 saturated heterocycles. The summed E-state index contributed by atoms with van der Waals surface area (Å²) in [6.07, 6.45) is -6.99. The van der Waals surface area contributed by atoms with Crippen LogP contribution in [0.4, 0.5) is 26.3 Å². The molecule has 3 nitrogen and oxygen atoms in total. The molecule has 3 atom stereocenters. The van der Waals surface area contributed by atoms with Gasteiger partial charge in [0, 0.05) is 31.3 Å². The van der Waals surface area contributed by atoms with Crippen molar-refractivity contribution < 1.29 is 35.9 Å². The maximum absolute atomic E-state index is 13.0. The molecule has 1 aromatic carbocycles.